The Morgan fingerprint density at radius 2 is 0.862 bits per heavy atom. The first kappa shape index (κ1) is 22.5. The first-order valence-corrected chi connectivity index (χ1v) is 8.38. The van der Waals surface area contributed by atoms with Crippen molar-refractivity contribution in [3.8, 4) is 0 Å². The van der Waals surface area contributed by atoms with Gasteiger partial charge in [0.25, 0.3) is 0 Å². The average molecular weight is 422 g/mol. The molecule has 0 saturated carbocycles. The highest BCUT2D eigenvalue weighted by molar-refractivity contribution is 5.64. The number of halogens is 6. The summed E-state index contributed by atoms with van der Waals surface area (Å²) in [7, 11) is 0. The fraction of sp³-hybridized carbons (Fsp3) is 0.333. The summed E-state index contributed by atoms with van der Waals surface area (Å²) in [4.78, 5) is 0. The summed E-state index contributed by atoms with van der Waals surface area (Å²) in [6.07, 6.45) is -8.79. The molecule has 0 bridgehead atoms. The second kappa shape index (κ2) is 8.27. The summed E-state index contributed by atoms with van der Waals surface area (Å²) >= 11 is 0. The summed E-state index contributed by atoms with van der Waals surface area (Å²) in [5.74, 6) is 0. The summed E-state index contributed by atoms with van der Waals surface area (Å²) in [6, 6.07) is 3.20. The van der Waals surface area contributed by atoms with Crippen LogP contribution in [0.5, 0.6) is 0 Å². The van der Waals surface area contributed by atoms with Gasteiger partial charge in [-0.25, -0.2) is 0 Å². The third kappa shape index (κ3) is 5.59. The van der Waals surface area contributed by atoms with E-state index in [4.69, 9.17) is 27.7 Å². The van der Waals surface area contributed by atoms with Crippen LogP contribution in [-0.4, -0.2) is 13.2 Å². The van der Waals surface area contributed by atoms with E-state index in [-0.39, 0.29) is 48.8 Å². The lowest BCUT2D eigenvalue weighted by atomic mass is 10.0. The molecule has 0 spiro atoms. The van der Waals surface area contributed by atoms with Crippen LogP contribution in [0, 0.1) is 0 Å². The number of rotatable bonds is 6. The molecule has 0 atom stereocenters. The minimum absolute atomic E-state index is 0.0835. The van der Waals surface area contributed by atoms with Crippen molar-refractivity contribution in [3.05, 3.63) is 46.5 Å². The molecule has 5 nitrogen and oxygen atoms in total. The molecule has 0 saturated heterocycles. The molecule has 0 radical (unpaired) electrons. The first-order valence-electron chi connectivity index (χ1n) is 8.38. The van der Waals surface area contributed by atoms with Gasteiger partial charge in [0.05, 0.1) is 24.3 Å². The van der Waals surface area contributed by atoms with E-state index in [2.05, 4.69) is 0 Å². The first-order chi connectivity index (χ1) is 13.3. The molecular weight excluding hydrogens is 402 g/mol. The SMILES string of the molecule is Nc1cc(C(F)(F)F)cc(N)c1CCOCCc1c(N)cc(C(F)(F)F)cc1N. The highest BCUT2D eigenvalue weighted by Crippen LogP contribution is 2.35. The lowest BCUT2D eigenvalue weighted by Gasteiger charge is -2.15. The van der Waals surface area contributed by atoms with Gasteiger partial charge in [0.15, 0.2) is 0 Å². The van der Waals surface area contributed by atoms with Crippen LogP contribution < -0.4 is 22.9 Å². The van der Waals surface area contributed by atoms with Crippen molar-refractivity contribution in [1.29, 1.82) is 0 Å². The number of nitrogen functional groups attached to an aromatic ring is 4. The summed E-state index contributed by atoms with van der Waals surface area (Å²) < 4.78 is 81.8. The van der Waals surface area contributed by atoms with Gasteiger partial charge in [-0.2, -0.15) is 26.3 Å². The Labute approximate surface area is 162 Å². The van der Waals surface area contributed by atoms with E-state index < -0.39 is 23.5 Å². The molecule has 0 aliphatic heterocycles. The van der Waals surface area contributed by atoms with Gasteiger partial charge in [-0.05, 0) is 37.1 Å². The van der Waals surface area contributed by atoms with Gasteiger partial charge < -0.3 is 27.7 Å². The average Bonchev–Trinajstić information content (AvgIpc) is 2.56. The van der Waals surface area contributed by atoms with Crippen LogP contribution in [0.1, 0.15) is 22.3 Å². The van der Waals surface area contributed by atoms with E-state index in [1.54, 1.807) is 0 Å². The highest BCUT2D eigenvalue weighted by atomic mass is 19.4. The number of benzene rings is 2. The maximum Gasteiger partial charge on any atom is 0.416 e. The van der Waals surface area contributed by atoms with Crippen molar-refractivity contribution in [2.24, 2.45) is 0 Å². The number of hydrogen-bond acceptors (Lipinski definition) is 5. The Morgan fingerprint density at radius 1 is 0.586 bits per heavy atom. The van der Waals surface area contributed by atoms with E-state index in [1.165, 1.54) is 0 Å². The van der Waals surface area contributed by atoms with E-state index in [0.717, 1.165) is 24.3 Å². The van der Waals surface area contributed by atoms with Gasteiger partial charge in [-0.1, -0.05) is 0 Å². The van der Waals surface area contributed by atoms with Crippen molar-refractivity contribution in [3.63, 3.8) is 0 Å². The minimum atomic E-state index is -4.56. The molecule has 0 heterocycles. The maximum absolute atomic E-state index is 12.7. The fourth-order valence-electron chi connectivity index (χ4n) is 2.79. The Kier molecular flexibility index (Phi) is 6.41. The molecule has 2 aromatic rings. The molecule has 160 valence electrons. The molecule has 0 unspecified atom stereocenters. The Morgan fingerprint density at radius 3 is 1.10 bits per heavy atom. The van der Waals surface area contributed by atoms with Crippen LogP contribution in [0.4, 0.5) is 49.1 Å². The molecule has 8 N–H and O–H groups in total. The smallest absolute Gasteiger partial charge is 0.398 e. The number of anilines is 4. The topological polar surface area (TPSA) is 113 Å². The van der Waals surface area contributed by atoms with Crippen molar-refractivity contribution >= 4 is 22.7 Å². The summed E-state index contributed by atoms with van der Waals surface area (Å²) in [6.45, 7) is 0.167. The highest BCUT2D eigenvalue weighted by Gasteiger charge is 2.32. The quantitative estimate of drug-likeness (QED) is 0.321. The van der Waals surface area contributed by atoms with Crippen LogP contribution in [0.2, 0.25) is 0 Å². The van der Waals surface area contributed by atoms with Gasteiger partial charge in [-0.15, -0.1) is 0 Å². The molecule has 0 aromatic heterocycles. The van der Waals surface area contributed by atoms with Crippen molar-refractivity contribution in [2.75, 3.05) is 36.1 Å². The van der Waals surface area contributed by atoms with E-state index in [1.807, 2.05) is 0 Å². The number of hydrogen-bond donors (Lipinski definition) is 4. The number of ether oxygens (including phenoxy) is 1. The van der Waals surface area contributed by atoms with E-state index in [9.17, 15) is 26.3 Å². The largest absolute Gasteiger partial charge is 0.416 e. The molecule has 2 rings (SSSR count). The third-order valence-electron chi connectivity index (χ3n) is 4.29. The van der Waals surface area contributed by atoms with Gasteiger partial charge in [0.2, 0.25) is 0 Å². The predicted molar refractivity (Wildman–Crippen MR) is 98.8 cm³/mol. The normalized spacial score (nSPS) is 12.3. The molecule has 0 fully saturated rings. The van der Waals surface area contributed by atoms with Gasteiger partial charge in [0.1, 0.15) is 0 Å². The van der Waals surface area contributed by atoms with Crippen LogP contribution in [-0.2, 0) is 29.9 Å². The Balaban J connectivity index is 1.94. The van der Waals surface area contributed by atoms with Crippen LogP contribution >= 0.6 is 0 Å². The molecule has 0 aliphatic carbocycles. The summed E-state index contributed by atoms with van der Waals surface area (Å²) in [5, 5.41) is 0. The lowest BCUT2D eigenvalue weighted by Crippen LogP contribution is -2.12. The van der Waals surface area contributed by atoms with Crippen LogP contribution in [0.25, 0.3) is 0 Å². The van der Waals surface area contributed by atoms with Gasteiger partial charge in [0, 0.05) is 33.9 Å². The number of nitrogens with two attached hydrogens (primary N) is 4. The predicted octanol–water partition coefficient (Wildman–Crippen LogP) is 3.85. The molecule has 29 heavy (non-hydrogen) atoms. The summed E-state index contributed by atoms with van der Waals surface area (Å²) in [5.41, 5.74) is 21.0. The molecule has 11 heteroatoms. The van der Waals surface area contributed by atoms with Crippen LogP contribution in [0.15, 0.2) is 24.3 Å². The van der Waals surface area contributed by atoms with E-state index >= 15 is 0 Å². The monoisotopic (exact) mass is 422 g/mol. The zero-order valence-electron chi connectivity index (χ0n) is 15.1. The standard InChI is InChI=1S/C18H20F6N4O/c19-17(20,21)9-5-13(25)11(14(26)6-9)1-3-29-4-2-12-15(27)7-10(8-16(12)28)18(22,23)24/h5-8H,1-4,25-28H2. The lowest BCUT2D eigenvalue weighted by molar-refractivity contribution is -0.138. The zero-order chi connectivity index (χ0) is 22.0. The Bertz CT molecular complexity index is 762. The second-order valence-corrected chi connectivity index (χ2v) is 6.37. The maximum atomic E-state index is 12.7. The van der Waals surface area contributed by atoms with Crippen molar-refractivity contribution in [2.45, 2.75) is 25.2 Å². The number of alkyl halides is 6. The van der Waals surface area contributed by atoms with Gasteiger partial charge in [-0.3, -0.25) is 0 Å². The molecule has 2 aromatic carbocycles. The molecule has 0 amide bonds. The second-order valence-electron chi connectivity index (χ2n) is 6.37. The van der Waals surface area contributed by atoms with Crippen molar-refractivity contribution in [1.82, 2.24) is 0 Å². The zero-order valence-corrected chi connectivity index (χ0v) is 15.1. The third-order valence-corrected chi connectivity index (χ3v) is 4.29. The molecule has 0 aliphatic rings. The van der Waals surface area contributed by atoms with E-state index in [0.29, 0.717) is 11.1 Å². The molecular formula is C18H20F6N4O. The minimum Gasteiger partial charge on any atom is -0.398 e. The van der Waals surface area contributed by atoms with Gasteiger partial charge >= 0.3 is 12.4 Å². The van der Waals surface area contributed by atoms with Crippen molar-refractivity contribution < 1.29 is 31.1 Å². The Hall–Kier alpha value is -2.82. The van der Waals surface area contributed by atoms with Crippen LogP contribution in [0.3, 0.4) is 0 Å². The fourth-order valence-corrected chi connectivity index (χ4v) is 2.79.